The average molecular weight is 227 g/mol. The summed E-state index contributed by atoms with van der Waals surface area (Å²) in [6.45, 7) is 1.99. The van der Waals surface area contributed by atoms with Gasteiger partial charge >= 0.3 is 0 Å². The summed E-state index contributed by atoms with van der Waals surface area (Å²) >= 11 is 0. The number of carbonyl (C=O) groups excluding carboxylic acids is 1. The quantitative estimate of drug-likeness (QED) is 0.795. The number of hydrogen-bond donors (Lipinski definition) is 1. The molecule has 0 aliphatic carbocycles. The molecule has 17 heavy (non-hydrogen) atoms. The summed E-state index contributed by atoms with van der Waals surface area (Å²) in [5, 5.41) is 4.13. The second-order valence-electron chi connectivity index (χ2n) is 4.10. The molecule has 1 aliphatic rings. The van der Waals surface area contributed by atoms with E-state index >= 15 is 0 Å². The van der Waals surface area contributed by atoms with Crippen LogP contribution in [0.5, 0.6) is 0 Å². The monoisotopic (exact) mass is 227 g/mol. The Bertz CT molecular complexity index is 567. The maximum atomic E-state index is 11.8. The fraction of sp³-hybridized carbons (Fsp3) is 0.231. The molecule has 3 rings (SSSR count). The third-order valence-electron chi connectivity index (χ3n) is 2.99. The fourth-order valence-corrected chi connectivity index (χ4v) is 2.11. The maximum absolute atomic E-state index is 11.8. The van der Waals surface area contributed by atoms with Gasteiger partial charge in [0, 0.05) is 30.4 Å². The largest absolute Gasteiger partial charge is 0.310 e. The minimum Gasteiger partial charge on any atom is -0.310 e. The lowest BCUT2D eigenvalue weighted by molar-refractivity contribution is -0.118. The van der Waals surface area contributed by atoms with Gasteiger partial charge in [0.1, 0.15) is 0 Å². The number of pyridine rings is 1. The lowest BCUT2D eigenvalue weighted by Crippen LogP contribution is -2.48. The summed E-state index contributed by atoms with van der Waals surface area (Å²) in [5.41, 5.74) is 1.91. The van der Waals surface area contributed by atoms with Crippen molar-refractivity contribution >= 4 is 22.5 Å². The number of hydrogen-bond acceptors (Lipinski definition) is 3. The van der Waals surface area contributed by atoms with Gasteiger partial charge in [0.15, 0.2) is 0 Å². The first kappa shape index (κ1) is 10.2. The fourth-order valence-electron chi connectivity index (χ4n) is 2.11. The van der Waals surface area contributed by atoms with Gasteiger partial charge in [-0.1, -0.05) is 6.07 Å². The van der Waals surface area contributed by atoms with E-state index in [0.717, 1.165) is 29.7 Å². The zero-order chi connectivity index (χ0) is 11.7. The van der Waals surface area contributed by atoms with Crippen molar-refractivity contribution in [3.8, 4) is 0 Å². The first-order valence-corrected chi connectivity index (χ1v) is 5.70. The van der Waals surface area contributed by atoms with Crippen LogP contribution in [0, 0.1) is 0 Å². The van der Waals surface area contributed by atoms with Crippen molar-refractivity contribution in [2.75, 3.05) is 24.5 Å². The number of nitrogens with one attached hydrogen (secondary N) is 1. The number of nitrogens with zero attached hydrogens (tertiary/aromatic N) is 2. The molecule has 0 spiro atoms. The molecule has 4 heteroatoms. The van der Waals surface area contributed by atoms with E-state index < -0.39 is 0 Å². The molecule has 1 saturated heterocycles. The van der Waals surface area contributed by atoms with Gasteiger partial charge in [-0.2, -0.15) is 0 Å². The number of piperazine rings is 1. The molecule has 1 N–H and O–H groups in total. The molecule has 1 aromatic carbocycles. The van der Waals surface area contributed by atoms with Crippen LogP contribution in [0.4, 0.5) is 5.69 Å². The molecule has 2 aromatic rings. The average Bonchev–Trinajstić information content (AvgIpc) is 2.39. The molecule has 86 valence electrons. The van der Waals surface area contributed by atoms with Crippen LogP contribution >= 0.6 is 0 Å². The summed E-state index contributed by atoms with van der Waals surface area (Å²) in [4.78, 5) is 17.9. The van der Waals surface area contributed by atoms with Crippen LogP contribution in [0.15, 0.2) is 36.5 Å². The molecule has 1 amide bonds. The molecule has 0 unspecified atom stereocenters. The van der Waals surface area contributed by atoms with Gasteiger partial charge in [-0.05, 0) is 24.3 Å². The highest BCUT2D eigenvalue weighted by atomic mass is 16.2. The minimum absolute atomic E-state index is 0.125. The van der Waals surface area contributed by atoms with E-state index in [4.69, 9.17) is 0 Å². The Hall–Kier alpha value is -1.94. The topological polar surface area (TPSA) is 45.2 Å². The van der Waals surface area contributed by atoms with E-state index in [2.05, 4.69) is 10.3 Å². The molecule has 1 fully saturated rings. The molecule has 0 bridgehead atoms. The van der Waals surface area contributed by atoms with Crippen molar-refractivity contribution in [1.29, 1.82) is 0 Å². The number of carbonyl (C=O) groups is 1. The molecule has 1 aliphatic heterocycles. The Kier molecular flexibility index (Phi) is 2.49. The van der Waals surface area contributed by atoms with Crippen molar-refractivity contribution in [2.24, 2.45) is 0 Å². The lowest BCUT2D eigenvalue weighted by atomic mass is 10.1. The van der Waals surface area contributed by atoms with Crippen LogP contribution in [0.3, 0.4) is 0 Å². The number of benzene rings is 1. The van der Waals surface area contributed by atoms with Crippen molar-refractivity contribution in [2.45, 2.75) is 0 Å². The molecule has 4 nitrogen and oxygen atoms in total. The van der Waals surface area contributed by atoms with Crippen LogP contribution in [-0.4, -0.2) is 30.5 Å². The van der Waals surface area contributed by atoms with Gasteiger partial charge in [0.25, 0.3) is 0 Å². The third-order valence-corrected chi connectivity index (χ3v) is 2.99. The van der Waals surface area contributed by atoms with E-state index in [0.29, 0.717) is 6.54 Å². The highest BCUT2D eigenvalue weighted by molar-refractivity contribution is 5.97. The Labute approximate surface area is 99.3 Å². The van der Waals surface area contributed by atoms with E-state index in [-0.39, 0.29) is 5.91 Å². The number of fused-ring (bicyclic) bond motifs is 1. The van der Waals surface area contributed by atoms with E-state index in [9.17, 15) is 4.79 Å². The number of anilines is 1. The standard InChI is InChI=1S/C13H13N3O/c17-13-9-14-6-7-16(13)11-3-4-12-10(8-11)2-1-5-15-12/h1-5,8,14H,6-7,9H2. The van der Waals surface area contributed by atoms with Gasteiger partial charge in [-0.25, -0.2) is 0 Å². The SMILES string of the molecule is O=C1CNCCN1c1ccc2ncccc2c1. The van der Waals surface area contributed by atoms with Gasteiger partial charge in [0.05, 0.1) is 12.1 Å². The minimum atomic E-state index is 0.125. The zero-order valence-electron chi connectivity index (χ0n) is 9.39. The zero-order valence-corrected chi connectivity index (χ0v) is 9.39. The van der Waals surface area contributed by atoms with E-state index in [1.165, 1.54) is 0 Å². The molecule has 2 heterocycles. The Morgan fingerprint density at radius 1 is 1.29 bits per heavy atom. The van der Waals surface area contributed by atoms with E-state index in [1.807, 2.05) is 35.2 Å². The van der Waals surface area contributed by atoms with Crippen LogP contribution < -0.4 is 10.2 Å². The van der Waals surface area contributed by atoms with Crippen molar-refractivity contribution in [3.05, 3.63) is 36.5 Å². The molecule has 0 radical (unpaired) electrons. The normalized spacial score (nSPS) is 16.5. The number of aromatic nitrogens is 1. The summed E-state index contributed by atoms with van der Waals surface area (Å²) in [5.74, 6) is 0.125. The van der Waals surface area contributed by atoms with Gasteiger partial charge in [0.2, 0.25) is 5.91 Å². The number of amides is 1. The van der Waals surface area contributed by atoms with Crippen molar-refractivity contribution in [3.63, 3.8) is 0 Å². The van der Waals surface area contributed by atoms with Gasteiger partial charge < -0.3 is 10.2 Å². The Morgan fingerprint density at radius 2 is 2.24 bits per heavy atom. The predicted octanol–water partition coefficient (Wildman–Crippen LogP) is 1.17. The van der Waals surface area contributed by atoms with Crippen molar-refractivity contribution in [1.82, 2.24) is 10.3 Å². The highest BCUT2D eigenvalue weighted by Crippen LogP contribution is 2.21. The highest BCUT2D eigenvalue weighted by Gasteiger charge is 2.19. The van der Waals surface area contributed by atoms with E-state index in [1.54, 1.807) is 6.20 Å². The van der Waals surface area contributed by atoms with Gasteiger partial charge in [-0.3, -0.25) is 9.78 Å². The first-order chi connectivity index (χ1) is 8.34. The van der Waals surface area contributed by atoms with Crippen LogP contribution in [0.1, 0.15) is 0 Å². The lowest BCUT2D eigenvalue weighted by Gasteiger charge is -2.27. The summed E-state index contributed by atoms with van der Waals surface area (Å²) in [6, 6.07) is 9.86. The summed E-state index contributed by atoms with van der Waals surface area (Å²) in [6.07, 6.45) is 1.78. The Morgan fingerprint density at radius 3 is 3.12 bits per heavy atom. The Balaban J connectivity index is 2.02. The van der Waals surface area contributed by atoms with Gasteiger partial charge in [-0.15, -0.1) is 0 Å². The van der Waals surface area contributed by atoms with Crippen molar-refractivity contribution < 1.29 is 4.79 Å². The molecular weight excluding hydrogens is 214 g/mol. The predicted molar refractivity (Wildman–Crippen MR) is 67.0 cm³/mol. The van der Waals surface area contributed by atoms with Crippen LogP contribution in [-0.2, 0) is 4.79 Å². The maximum Gasteiger partial charge on any atom is 0.240 e. The van der Waals surface area contributed by atoms with Crippen LogP contribution in [0.25, 0.3) is 10.9 Å². The summed E-state index contributed by atoms with van der Waals surface area (Å²) < 4.78 is 0. The molecule has 0 saturated carbocycles. The van der Waals surface area contributed by atoms with Crippen LogP contribution in [0.2, 0.25) is 0 Å². The number of rotatable bonds is 1. The molecule has 0 atom stereocenters. The summed E-state index contributed by atoms with van der Waals surface area (Å²) in [7, 11) is 0. The smallest absolute Gasteiger partial charge is 0.240 e. The second-order valence-corrected chi connectivity index (χ2v) is 4.10. The second kappa shape index (κ2) is 4.14. The molecular formula is C13H13N3O. The first-order valence-electron chi connectivity index (χ1n) is 5.70. The molecule has 1 aromatic heterocycles. The third kappa shape index (κ3) is 1.87.